The molecule has 0 saturated carbocycles. The Balaban J connectivity index is 2.32. The van der Waals surface area contributed by atoms with Crippen molar-refractivity contribution in [2.45, 2.75) is 20.8 Å². The molecule has 3 aromatic rings. The van der Waals surface area contributed by atoms with Gasteiger partial charge in [-0.2, -0.15) is 0 Å². The zero-order chi connectivity index (χ0) is 14.3. The van der Waals surface area contributed by atoms with Crippen LogP contribution in [-0.2, 0) is 0 Å². The minimum absolute atomic E-state index is 0.867. The van der Waals surface area contributed by atoms with Crippen molar-refractivity contribution in [3.05, 3.63) is 47.5 Å². The maximum Gasteiger partial charge on any atom is 0.158 e. The normalized spacial score (nSPS) is 11.0. The number of nitrogens with zero attached hydrogens (tertiary/aromatic N) is 3. The van der Waals surface area contributed by atoms with Crippen LogP contribution in [0.15, 0.2) is 30.6 Å². The highest BCUT2D eigenvalue weighted by atomic mass is 16.5. The number of fused-ring (bicyclic) bond motifs is 1. The van der Waals surface area contributed by atoms with Gasteiger partial charge in [0.1, 0.15) is 5.75 Å². The number of hydrogen-bond acceptors (Lipinski definition) is 3. The summed E-state index contributed by atoms with van der Waals surface area (Å²) in [4.78, 5) is 9.00. The van der Waals surface area contributed by atoms with Crippen LogP contribution >= 0.6 is 0 Å². The Morgan fingerprint density at radius 1 is 1.10 bits per heavy atom. The summed E-state index contributed by atoms with van der Waals surface area (Å²) in [7, 11) is 1.68. The highest BCUT2D eigenvalue weighted by Gasteiger charge is 2.13. The Bertz CT molecular complexity index is 790. The van der Waals surface area contributed by atoms with Crippen LogP contribution in [0.2, 0.25) is 0 Å². The standard InChI is InChI=1S/C16H17N3O/c1-10-9-13(20-4)5-6-14(10)15-11(2)18-12(3)16-17-7-8-19(15)16/h5-9H,1-4H3. The van der Waals surface area contributed by atoms with Gasteiger partial charge in [0.25, 0.3) is 0 Å². The molecule has 0 radical (unpaired) electrons. The SMILES string of the molecule is COc1ccc(-c2c(C)nc(C)c3nccn23)c(C)c1. The van der Waals surface area contributed by atoms with E-state index in [0.29, 0.717) is 0 Å². The lowest BCUT2D eigenvalue weighted by Crippen LogP contribution is -2.02. The van der Waals surface area contributed by atoms with Crippen LogP contribution in [0.4, 0.5) is 0 Å². The van der Waals surface area contributed by atoms with E-state index in [2.05, 4.69) is 27.4 Å². The van der Waals surface area contributed by atoms with Gasteiger partial charge in [-0.15, -0.1) is 0 Å². The molecule has 0 unspecified atom stereocenters. The Labute approximate surface area is 118 Å². The van der Waals surface area contributed by atoms with E-state index in [1.54, 1.807) is 7.11 Å². The van der Waals surface area contributed by atoms with Gasteiger partial charge in [0.15, 0.2) is 5.65 Å². The molecule has 0 aliphatic rings. The van der Waals surface area contributed by atoms with Gasteiger partial charge in [0, 0.05) is 18.0 Å². The van der Waals surface area contributed by atoms with Crippen molar-refractivity contribution >= 4 is 5.65 Å². The van der Waals surface area contributed by atoms with Crippen molar-refractivity contribution in [3.8, 4) is 17.0 Å². The highest BCUT2D eigenvalue weighted by molar-refractivity contribution is 5.70. The van der Waals surface area contributed by atoms with Crippen LogP contribution < -0.4 is 4.74 Å². The van der Waals surface area contributed by atoms with Gasteiger partial charge in [-0.1, -0.05) is 0 Å². The Morgan fingerprint density at radius 2 is 1.90 bits per heavy atom. The van der Waals surface area contributed by atoms with Gasteiger partial charge in [0.2, 0.25) is 0 Å². The molecule has 0 fully saturated rings. The molecular formula is C16H17N3O. The number of aryl methyl sites for hydroxylation is 3. The van der Waals surface area contributed by atoms with Crippen molar-refractivity contribution in [2.75, 3.05) is 7.11 Å². The molecule has 1 aromatic carbocycles. The first kappa shape index (κ1) is 12.7. The Morgan fingerprint density at radius 3 is 2.60 bits per heavy atom. The van der Waals surface area contributed by atoms with Gasteiger partial charge in [-0.25, -0.2) is 4.98 Å². The van der Waals surface area contributed by atoms with Gasteiger partial charge < -0.3 is 4.74 Å². The molecule has 4 nitrogen and oxygen atoms in total. The second-order valence-corrected chi connectivity index (χ2v) is 4.93. The average molecular weight is 267 g/mol. The molecule has 102 valence electrons. The third-order valence-electron chi connectivity index (χ3n) is 3.57. The van der Waals surface area contributed by atoms with Crippen LogP contribution in [-0.4, -0.2) is 21.5 Å². The van der Waals surface area contributed by atoms with Crippen LogP contribution in [0, 0.1) is 20.8 Å². The second kappa shape index (κ2) is 4.63. The summed E-state index contributed by atoms with van der Waals surface area (Å²) < 4.78 is 7.38. The van der Waals surface area contributed by atoms with Gasteiger partial charge in [-0.3, -0.25) is 9.38 Å². The fraction of sp³-hybridized carbons (Fsp3) is 0.250. The molecule has 0 aliphatic carbocycles. The van der Waals surface area contributed by atoms with E-state index in [0.717, 1.165) is 39.6 Å². The molecule has 0 amide bonds. The minimum Gasteiger partial charge on any atom is -0.497 e. The molecule has 0 saturated heterocycles. The van der Waals surface area contributed by atoms with Crippen molar-refractivity contribution in [1.82, 2.24) is 14.4 Å². The molecule has 0 N–H and O–H groups in total. The third kappa shape index (κ3) is 1.84. The molecule has 2 heterocycles. The Hall–Kier alpha value is -2.36. The second-order valence-electron chi connectivity index (χ2n) is 4.93. The molecule has 20 heavy (non-hydrogen) atoms. The zero-order valence-electron chi connectivity index (χ0n) is 12.1. The quantitative estimate of drug-likeness (QED) is 0.715. The molecule has 0 spiro atoms. The van der Waals surface area contributed by atoms with E-state index in [1.807, 2.05) is 38.4 Å². The number of rotatable bonds is 2. The largest absolute Gasteiger partial charge is 0.497 e. The summed E-state index contributed by atoms with van der Waals surface area (Å²) in [5.74, 6) is 0.867. The lowest BCUT2D eigenvalue weighted by molar-refractivity contribution is 0.414. The first-order valence-corrected chi connectivity index (χ1v) is 6.57. The molecule has 0 aliphatic heterocycles. The molecule has 4 heteroatoms. The summed E-state index contributed by atoms with van der Waals surface area (Å²) in [6.45, 7) is 6.10. The number of methoxy groups -OCH3 is 1. The minimum atomic E-state index is 0.867. The van der Waals surface area contributed by atoms with Crippen LogP contribution in [0.5, 0.6) is 5.75 Å². The molecule has 3 rings (SSSR count). The molecule has 2 aromatic heterocycles. The predicted molar refractivity (Wildman–Crippen MR) is 79.2 cm³/mol. The van der Waals surface area contributed by atoms with Crippen LogP contribution in [0.3, 0.4) is 0 Å². The number of aromatic nitrogens is 3. The van der Waals surface area contributed by atoms with E-state index in [-0.39, 0.29) is 0 Å². The van der Waals surface area contributed by atoms with Crippen molar-refractivity contribution in [1.29, 1.82) is 0 Å². The fourth-order valence-electron chi connectivity index (χ4n) is 2.63. The van der Waals surface area contributed by atoms with Crippen molar-refractivity contribution < 1.29 is 4.74 Å². The van der Waals surface area contributed by atoms with E-state index >= 15 is 0 Å². The highest BCUT2D eigenvalue weighted by Crippen LogP contribution is 2.29. The summed E-state index contributed by atoms with van der Waals surface area (Å²) in [6, 6.07) is 6.09. The summed E-state index contributed by atoms with van der Waals surface area (Å²) >= 11 is 0. The maximum atomic E-state index is 5.27. The number of ether oxygens (including phenoxy) is 1. The zero-order valence-corrected chi connectivity index (χ0v) is 12.1. The third-order valence-corrected chi connectivity index (χ3v) is 3.57. The molecule has 0 bridgehead atoms. The first-order chi connectivity index (χ1) is 9.61. The molecule has 0 atom stereocenters. The van der Waals surface area contributed by atoms with Crippen LogP contribution in [0.1, 0.15) is 17.0 Å². The van der Waals surface area contributed by atoms with E-state index in [4.69, 9.17) is 4.74 Å². The van der Waals surface area contributed by atoms with Gasteiger partial charge in [0.05, 0.1) is 24.2 Å². The number of imidazole rings is 1. The summed E-state index contributed by atoms with van der Waals surface area (Å²) in [6.07, 6.45) is 3.79. The van der Waals surface area contributed by atoms with Crippen molar-refractivity contribution in [2.24, 2.45) is 0 Å². The first-order valence-electron chi connectivity index (χ1n) is 6.57. The lowest BCUT2D eigenvalue weighted by Gasteiger charge is -2.13. The number of benzene rings is 1. The predicted octanol–water partition coefficient (Wildman–Crippen LogP) is 3.33. The summed E-state index contributed by atoms with van der Waals surface area (Å²) in [5.41, 5.74) is 6.25. The van der Waals surface area contributed by atoms with Gasteiger partial charge >= 0.3 is 0 Å². The number of hydrogen-bond donors (Lipinski definition) is 0. The average Bonchev–Trinajstić information content (AvgIpc) is 2.90. The smallest absolute Gasteiger partial charge is 0.158 e. The monoisotopic (exact) mass is 267 g/mol. The van der Waals surface area contributed by atoms with E-state index in [9.17, 15) is 0 Å². The van der Waals surface area contributed by atoms with Crippen molar-refractivity contribution in [3.63, 3.8) is 0 Å². The topological polar surface area (TPSA) is 39.4 Å². The van der Waals surface area contributed by atoms with Gasteiger partial charge in [-0.05, 0) is 44.5 Å². The maximum absolute atomic E-state index is 5.27. The molecular weight excluding hydrogens is 250 g/mol. The van der Waals surface area contributed by atoms with E-state index < -0.39 is 0 Å². The summed E-state index contributed by atoms with van der Waals surface area (Å²) in [5, 5.41) is 0. The lowest BCUT2D eigenvalue weighted by atomic mass is 10.0. The Kier molecular flexibility index (Phi) is 2.93. The fourth-order valence-corrected chi connectivity index (χ4v) is 2.63. The van der Waals surface area contributed by atoms with Crippen LogP contribution in [0.25, 0.3) is 16.9 Å². The van der Waals surface area contributed by atoms with E-state index in [1.165, 1.54) is 0 Å².